The Morgan fingerprint density at radius 1 is 0.839 bits per heavy atom. The number of aryl methyl sites for hydroxylation is 1. The lowest BCUT2D eigenvalue weighted by atomic mass is 10.1. The van der Waals surface area contributed by atoms with Crippen LogP contribution in [0.1, 0.15) is 24.3 Å². The van der Waals surface area contributed by atoms with Gasteiger partial charge in [-0.3, -0.25) is 9.80 Å². The predicted octanol–water partition coefficient (Wildman–Crippen LogP) is 3.73. The number of hydrogen-bond acceptors (Lipinski definition) is 9. The Bertz CT molecular complexity index is 1100. The van der Waals surface area contributed by atoms with E-state index in [-0.39, 0.29) is 0 Å². The first-order valence-electron chi connectivity index (χ1n) is 10.5. The molecule has 160 valence electrons. The number of rotatable bonds is 7. The van der Waals surface area contributed by atoms with E-state index in [4.69, 9.17) is 9.05 Å². The van der Waals surface area contributed by atoms with E-state index in [1.54, 1.807) is 11.3 Å². The van der Waals surface area contributed by atoms with Gasteiger partial charge in [0.15, 0.2) is 0 Å². The quantitative estimate of drug-likeness (QED) is 0.433. The van der Waals surface area contributed by atoms with E-state index in [0.29, 0.717) is 36.5 Å². The van der Waals surface area contributed by atoms with Gasteiger partial charge in [0.2, 0.25) is 23.4 Å². The summed E-state index contributed by atoms with van der Waals surface area (Å²) < 4.78 is 10.9. The van der Waals surface area contributed by atoms with Crippen molar-refractivity contribution in [2.75, 3.05) is 26.2 Å². The number of thiophene rings is 1. The molecule has 1 aliphatic heterocycles. The van der Waals surface area contributed by atoms with Crippen molar-refractivity contribution in [3.05, 3.63) is 59.1 Å². The molecule has 1 aromatic carbocycles. The summed E-state index contributed by atoms with van der Waals surface area (Å²) in [5.41, 5.74) is 2.28. The van der Waals surface area contributed by atoms with Gasteiger partial charge < -0.3 is 9.05 Å². The summed E-state index contributed by atoms with van der Waals surface area (Å²) in [5.74, 6) is 2.63. The van der Waals surface area contributed by atoms with Gasteiger partial charge in [-0.1, -0.05) is 47.6 Å². The molecular formula is C22H24N6O2S. The van der Waals surface area contributed by atoms with E-state index in [2.05, 4.69) is 49.1 Å². The predicted molar refractivity (Wildman–Crippen MR) is 117 cm³/mol. The van der Waals surface area contributed by atoms with Gasteiger partial charge in [-0.25, -0.2) is 0 Å². The van der Waals surface area contributed by atoms with Gasteiger partial charge >= 0.3 is 0 Å². The lowest BCUT2D eigenvalue weighted by Crippen LogP contribution is -2.45. The molecular weight excluding hydrogens is 412 g/mol. The third-order valence-electron chi connectivity index (χ3n) is 5.48. The van der Waals surface area contributed by atoms with Crippen molar-refractivity contribution in [3.63, 3.8) is 0 Å². The lowest BCUT2D eigenvalue weighted by Gasteiger charge is -2.32. The number of nitrogens with zero attached hydrogens (tertiary/aromatic N) is 6. The zero-order valence-electron chi connectivity index (χ0n) is 17.4. The highest BCUT2D eigenvalue weighted by molar-refractivity contribution is 7.13. The molecule has 0 saturated carbocycles. The third-order valence-corrected chi connectivity index (χ3v) is 6.35. The molecule has 0 spiro atoms. The zero-order valence-corrected chi connectivity index (χ0v) is 18.2. The number of benzene rings is 1. The van der Waals surface area contributed by atoms with Gasteiger partial charge in [0.1, 0.15) is 0 Å². The summed E-state index contributed by atoms with van der Waals surface area (Å²) in [6, 6.07) is 12.3. The minimum atomic E-state index is 0.647. The second-order valence-electron chi connectivity index (χ2n) is 7.60. The van der Waals surface area contributed by atoms with Crippen LogP contribution < -0.4 is 0 Å². The summed E-state index contributed by atoms with van der Waals surface area (Å²) in [4.78, 5) is 14.8. The fourth-order valence-electron chi connectivity index (χ4n) is 3.64. The molecule has 0 unspecified atom stereocenters. The highest BCUT2D eigenvalue weighted by Crippen LogP contribution is 2.22. The van der Waals surface area contributed by atoms with Crippen molar-refractivity contribution >= 4 is 11.3 Å². The second-order valence-corrected chi connectivity index (χ2v) is 8.55. The SMILES string of the molecule is CCc1ccc(-c2noc(CN3CCN(Cc4nc(-c5cccs5)no4)CC3)n2)cc1. The molecule has 5 rings (SSSR count). The Hall–Kier alpha value is -2.88. The normalized spacial score (nSPS) is 15.5. The number of piperazine rings is 1. The maximum atomic E-state index is 5.49. The monoisotopic (exact) mass is 436 g/mol. The summed E-state index contributed by atoms with van der Waals surface area (Å²) >= 11 is 1.61. The standard InChI is InChI=1S/C22H24N6O2S/c1-2-16-5-7-17(8-6-16)21-23-19(29-25-21)14-27-9-11-28(12-10-27)15-20-24-22(26-30-20)18-4-3-13-31-18/h3-8,13H,2,9-12,14-15H2,1H3. The molecule has 0 bridgehead atoms. The van der Waals surface area contributed by atoms with Crippen LogP contribution in [0, 0.1) is 0 Å². The first-order chi connectivity index (χ1) is 15.3. The lowest BCUT2D eigenvalue weighted by molar-refractivity contribution is 0.103. The Labute approximate surface area is 184 Å². The molecule has 0 atom stereocenters. The first kappa shape index (κ1) is 20.0. The van der Waals surface area contributed by atoms with Crippen LogP contribution in [0.15, 0.2) is 50.8 Å². The van der Waals surface area contributed by atoms with E-state index >= 15 is 0 Å². The van der Waals surface area contributed by atoms with E-state index in [1.807, 2.05) is 29.6 Å². The van der Waals surface area contributed by atoms with Crippen LogP contribution in [-0.2, 0) is 19.5 Å². The van der Waals surface area contributed by atoms with Crippen molar-refractivity contribution in [1.29, 1.82) is 0 Å². The van der Waals surface area contributed by atoms with E-state index in [0.717, 1.165) is 43.0 Å². The Morgan fingerprint density at radius 3 is 2.03 bits per heavy atom. The maximum absolute atomic E-state index is 5.49. The largest absolute Gasteiger partial charge is 0.338 e. The molecule has 1 fully saturated rings. The van der Waals surface area contributed by atoms with Crippen molar-refractivity contribution in [2.45, 2.75) is 26.4 Å². The fourth-order valence-corrected chi connectivity index (χ4v) is 4.29. The zero-order chi connectivity index (χ0) is 21.0. The molecule has 3 aromatic heterocycles. The highest BCUT2D eigenvalue weighted by atomic mass is 32.1. The van der Waals surface area contributed by atoms with E-state index < -0.39 is 0 Å². The Morgan fingerprint density at radius 2 is 1.45 bits per heavy atom. The van der Waals surface area contributed by atoms with Crippen molar-refractivity contribution in [1.82, 2.24) is 30.1 Å². The molecule has 4 heterocycles. The molecule has 0 amide bonds. The smallest absolute Gasteiger partial charge is 0.241 e. The fraction of sp³-hybridized carbons (Fsp3) is 0.364. The van der Waals surface area contributed by atoms with E-state index in [9.17, 15) is 0 Å². The van der Waals surface area contributed by atoms with Crippen LogP contribution >= 0.6 is 11.3 Å². The highest BCUT2D eigenvalue weighted by Gasteiger charge is 2.21. The average molecular weight is 437 g/mol. The summed E-state index contributed by atoms with van der Waals surface area (Å²) in [6.45, 7) is 7.18. The molecule has 1 saturated heterocycles. The molecule has 31 heavy (non-hydrogen) atoms. The third kappa shape index (κ3) is 4.73. The van der Waals surface area contributed by atoms with Gasteiger partial charge in [0.05, 0.1) is 18.0 Å². The van der Waals surface area contributed by atoms with Crippen molar-refractivity contribution in [3.8, 4) is 22.1 Å². The maximum Gasteiger partial charge on any atom is 0.241 e. The van der Waals surface area contributed by atoms with Gasteiger partial charge in [0, 0.05) is 31.7 Å². The van der Waals surface area contributed by atoms with Gasteiger partial charge in [0.25, 0.3) is 0 Å². The van der Waals surface area contributed by atoms with Gasteiger partial charge in [-0.15, -0.1) is 11.3 Å². The van der Waals surface area contributed by atoms with Crippen LogP contribution in [-0.4, -0.2) is 56.3 Å². The second kappa shape index (κ2) is 9.09. The number of aromatic nitrogens is 4. The minimum Gasteiger partial charge on any atom is -0.338 e. The molecule has 0 radical (unpaired) electrons. The molecule has 0 aliphatic carbocycles. The molecule has 9 heteroatoms. The molecule has 1 aliphatic rings. The van der Waals surface area contributed by atoms with Crippen LogP contribution in [0.5, 0.6) is 0 Å². The topological polar surface area (TPSA) is 84.3 Å². The molecule has 4 aromatic rings. The van der Waals surface area contributed by atoms with Gasteiger partial charge in [-0.05, 0) is 23.4 Å². The number of hydrogen-bond donors (Lipinski definition) is 0. The Kier molecular flexibility index (Phi) is 5.88. The molecule has 0 N–H and O–H groups in total. The van der Waals surface area contributed by atoms with Crippen molar-refractivity contribution < 1.29 is 9.05 Å². The van der Waals surface area contributed by atoms with Crippen molar-refractivity contribution in [2.24, 2.45) is 0 Å². The Balaban J connectivity index is 1.12. The van der Waals surface area contributed by atoms with Crippen LogP contribution in [0.2, 0.25) is 0 Å². The first-order valence-corrected chi connectivity index (χ1v) is 11.4. The molecule has 8 nitrogen and oxygen atoms in total. The minimum absolute atomic E-state index is 0.647. The van der Waals surface area contributed by atoms with Crippen LogP contribution in [0.4, 0.5) is 0 Å². The van der Waals surface area contributed by atoms with Crippen LogP contribution in [0.25, 0.3) is 22.1 Å². The summed E-state index contributed by atoms with van der Waals surface area (Å²) in [7, 11) is 0. The van der Waals surface area contributed by atoms with E-state index in [1.165, 1.54) is 5.56 Å². The average Bonchev–Trinajstić information content (AvgIpc) is 3.57. The summed E-state index contributed by atoms with van der Waals surface area (Å²) in [5, 5.41) is 10.3. The van der Waals surface area contributed by atoms with Gasteiger partial charge in [-0.2, -0.15) is 9.97 Å². The summed E-state index contributed by atoms with van der Waals surface area (Å²) in [6.07, 6.45) is 1.02. The van der Waals surface area contributed by atoms with Crippen LogP contribution in [0.3, 0.4) is 0 Å².